The van der Waals surface area contributed by atoms with E-state index < -0.39 is 17.6 Å². The van der Waals surface area contributed by atoms with Gasteiger partial charge in [-0.1, -0.05) is 12.1 Å². The second-order valence-electron chi connectivity index (χ2n) is 7.61. The van der Waals surface area contributed by atoms with Gasteiger partial charge in [0.15, 0.2) is 5.84 Å². The Bertz CT molecular complexity index is 1430. The molecule has 4 heterocycles. The largest absolute Gasteiger partial charge is 0.416 e. The number of hydrogen-bond acceptors (Lipinski definition) is 5. The fourth-order valence-corrected chi connectivity index (χ4v) is 5.48. The number of halogens is 3. The van der Waals surface area contributed by atoms with Crippen molar-refractivity contribution in [1.29, 1.82) is 5.41 Å². The van der Waals surface area contributed by atoms with E-state index in [9.17, 15) is 18.0 Å². The summed E-state index contributed by atoms with van der Waals surface area (Å²) in [6.07, 6.45) is -2.91. The third-order valence-corrected chi connectivity index (χ3v) is 7.34. The van der Waals surface area contributed by atoms with E-state index in [-0.39, 0.29) is 11.4 Å². The van der Waals surface area contributed by atoms with E-state index in [1.54, 1.807) is 36.6 Å². The summed E-state index contributed by atoms with van der Waals surface area (Å²) in [5.41, 5.74) is 1.62. The van der Waals surface area contributed by atoms with Crippen LogP contribution in [0.1, 0.15) is 27.4 Å². The topological polar surface area (TPSA) is 73.8 Å². The zero-order chi connectivity index (χ0) is 24.2. The van der Waals surface area contributed by atoms with Gasteiger partial charge in [0.25, 0.3) is 5.91 Å². The van der Waals surface area contributed by atoms with Gasteiger partial charge in [0.05, 0.1) is 16.0 Å². The molecular weight excluding hydrogens is 483 g/mol. The highest BCUT2D eigenvalue weighted by atomic mass is 32.2. The summed E-state index contributed by atoms with van der Waals surface area (Å²) in [7, 11) is 0. The van der Waals surface area contributed by atoms with Gasteiger partial charge >= 0.3 is 6.18 Å². The number of aryl methyl sites for hydroxylation is 1. The van der Waals surface area contributed by atoms with Crippen LogP contribution in [-0.4, -0.2) is 31.5 Å². The monoisotopic (exact) mass is 499 g/mol. The summed E-state index contributed by atoms with van der Waals surface area (Å²) in [5.74, 6) is -0.659. The summed E-state index contributed by atoms with van der Waals surface area (Å²) < 4.78 is 41.3. The number of aliphatic imine (C=N–C) groups is 1. The molecule has 0 saturated carbocycles. The van der Waals surface area contributed by atoms with Crippen molar-refractivity contribution in [1.82, 2.24) is 9.58 Å². The van der Waals surface area contributed by atoms with Crippen LogP contribution in [0.15, 0.2) is 63.5 Å². The molecule has 11 heteroatoms. The van der Waals surface area contributed by atoms with Gasteiger partial charge in [0, 0.05) is 17.1 Å². The number of thiophene rings is 1. The summed E-state index contributed by atoms with van der Waals surface area (Å²) >= 11 is 2.73. The lowest BCUT2D eigenvalue weighted by molar-refractivity contribution is -0.137. The van der Waals surface area contributed by atoms with E-state index in [1.165, 1.54) is 34.2 Å². The molecule has 3 aromatic rings. The number of amidine groups is 2. The van der Waals surface area contributed by atoms with E-state index in [2.05, 4.69) is 10.1 Å². The number of thioether (sulfide) groups is 1. The van der Waals surface area contributed by atoms with Crippen molar-refractivity contribution in [3.63, 3.8) is 0 Å². The van der Waals surface area contributed by atoms with Gasteiger partial charge in [-0.2, -0.15) is 28.3 Å². The Balaban J connectivity index is 1.52. The highest BCUT2D eigenvalue weighted by Crippen LogP contribution is 2.34. The summed E-state index contributed by atoms with van der Waals surface area (Å²) in [6.45, 7) is 3.53. The van der Waals surface area contributed by atoms with E-state index >= 15 is 0 Å². The van der Waals surface area contributed by atoms with Crippen molar-refractivity contribution in [2.45, 2.75) is 20.0 Å². The first-order chi connectivity index (χ1) is 16.1. The molecule has 2 aliphatic rings. The number of hydrogen-bond donors (Lipinski definition) is 1. The number of nitrogens with one attached hydrogen (secondary N) is 1. The van der Waals surface area contributed by atoms with Gasteiger partial charge < -0.3 is 4.57 Å². The molecule has 5 rings (SSSR count). The Morgan fingerprint density at radius 3 is 2.62 bits per heavy atom. The van der Waals surface area contributed by atoms with E-state index in [0.29, 0.717) is 32.9 Å². The summed E-state index contributed by atoms with van der Waals surface area (Å²) in [4.78, 5) is 17.8. The number of fused-ring (bicyclic) bond motifs is 1. The number of nitrogens with zero attached hydrogens (tertiary/aromatic N) is 4. The normalized spacial score (nSPS) is 17.3. The Morgan fingerprint density at radius 1 is 1.12 bits per heavy atom. The highest BCUT2D eigenvalue weighted by Gasteiger charge is 2.36. The molecule has 0 radical (unpaired) electrons. The molecular formula is C23H16F3N5OS2. The van der Waals surface area contributed by atoms with Crippen LogP contribution in [0.25, 0.3) is 11.8 Å². The number of aromatic nitrogens is 1. The Kier molecular flexibility index (Phi) is 5.33. The SMILES string of the molecule is Cc1cc(/C=C2/C(=N)N3N=C(c4cccs4)SC3=NC2=O)c(C)n1-c1cccc(C(F)(F)F)c1. The van der Waals surface area contributed by atoms with Crippen molar-refractivity contribution in [2.24, 2.45) is 10.1 Å². The maximum Gasteiger partial charge on any atom is 0.416 e. The molecule has 0 spiro atoms. The molecule has 34 heavy (non-hydrogen) atoms. The van der Waals surface area contributed by atoms with Gasteiger partial charge in [-0.15, -0.1) is 11.3 Å². The quantitative estimate of drug-likeness (QED) is 0.460. The van der Waals surface area contributed by atoms with Crippen molar-refractivity contribution >= 4 is 51.1 Å². The van der Waals surface area contributed by atoms with Crippen molar-refractivity contribution in [3.05, 3.63) is 80.8 Å². The number of carbonyl (C=O) groups excluding carboxylic acids is 1. The van der Waals surface area contributed by atoms with Crippen LogP contribution >= 0.6 is 23.1 Å². The van der Waals surface area contributed by atoms with Crippen LogP contribution in [0, 0.1) is 19.3 Å². The summed E-state index contributed by atoms with van der Waals surface area (Å²) in [5, 5.41) is 17.3. The van der Waals surface area contributed by atoms with E-state index in [1.807, 2.05) is 17.5 Å². The van der Waals surface area contributed by atoms with Gasteiger partial charge in [-0.3, -0.25) is 10.2 Å². The number of benzene rings is 1. The molecule has 0 bridgehead atoms. The fraction of sp³-hybridized carbons (Fsp3) is 0.130. The van der Waals surface area contributed by atoms with Crippen LogP contribution in [0.2, 0.25) is 0 Å². The molecule has 1 N–H and O–H groups in total. The molecule has 6 nitrogen and oxygen atoms in total. The molecule has 172 valence electrons. The lowest BCUT2D eigenvalue weighted by Gasteiger charge is -2.20. The van der Waals surface area contributed by atoms with Crippen LogP contribution in [0.4, 0.5) is 13.2 Å². The fourth-order valence-electron chi connectivity index (χ4n) is 3.80. The van der Waals surface area contributed by atoms with Crippen molar-refractivity contribution in [2.75, 3.05) is 0 Å². The smallest absolute Gasteiger partial charge is 0.318 e. The van der Waals surface area contributed by atoms with Crippen LogP contribution in [0.5, 0.6) is 0 Å². The first-order valence-corrected chi connectivity index (χ1v) is 11.7. The standard InChI is InChI=1S/C23H16F3N5OS2/c1-12-9-14(13(2)30(12)16-6-3-5-15(11-16)23(24,25)26)10-17-19(27)31-22(28-20(17)32)34-21(29-31)18-7-4-8-33-18/h3-11,27H,1-2H3/b17-10-,27-19?. The first-order valence-electron chi connectivity index (χ1n) is 10.0. The number of amides is 1. The molecule has 0 saturated heterocycles. The molecule has 1 aromatic carbocycles. The highest BCUT2D eigenvalue weighted by molar-refractivity contribution is 8.27. The number of carbonyl (C=O) groups is 1. The lowest BCUT2D eigenvalue weighted by Crippen LogP contribution is -2.35. The molecule has 0 atom stereocenters. The molecule has 1 amide bonds. The molecule has 2 aliphatic heterocycles. The maximum absolute atomic E-state index is 13.2. The maximum atomic E-state index is 13.2. The number of hydrazone groups is 1. The molecule has 2 aromatic heterocycles. The first kappa shape index (κ1) is 22.4. The Hall–Kier alpha value is -3.44. The molecule has 0 fully saturated rings. The Morgan fingerprint density at radius 2 is 1.91 bits per heavy atom. The lowest BCUT2D eigenvalue weighted by atomic mass is 10.1. The second-order valence-corrected chi connectivity index (χ2v) is 9.52. The van der Waals surface area contributed by atoms with E-state index in [4.69, 9.17) is 5.41 Å². The van der Waals surface area contributed by atoms with Gasteiger partial charge in [0.2, 0.25) is 5.17 Å². The predicted octanol–water partition coefficient (Wildman–Crippen LogP) is 5.84. The molecule has 0 unspecified atom stereocenters. The number of rotatable bonds is 3. The summed E-state index contributed by atoms with van der Waals surface area (Å²) in [6, 6.07) is 10.6. The zero-order valence-corrected chi connectivity index (χ0v) is 19.5. The average molecular weight is 500 g/mol. The van der Waals surface area contributed by atoms with Crippen molar-refractivity contribution in [3.8, 4) is 5.69 Å². The average Bonchev–Trinajstić information content (AvgIpc) is 3.50. The predicted molar refractivity (Wildman–Crippen MR) is 129 cm³/mol. The van der Waals surface area contributed by atoms with Gasteiger partial charge in [-0.05, 0) is 73.0 Å². The molecule has 0 aliphatic carbocycles. The van der Waals surface area contributed by atoms with Gasteiger partial charge in [-0.25, -0.2) is 0 Å². The van der Waals surface area contributed by atoms with Crippen LogP contribution in [-0.2, 0) is 11.0 Å². The van der Waals surface area contributed by atoms with Crippen LogP contribution < -0.4 is 0 Å². The van der Waals surface area contributed by atoms with Gasteiger partial charge in [0.1, 0.15) is 5.04 Å². The minimum atomic E-state index is -4.45. The minimum Gasteiger partial charge on any atom is -0.318 e. The van der Waals surface area contributed by atoms with Crippen molar-refractivity contribution < 1.29 is 18.0 Å². The number of alkyl halides is 3. The Labute approximate surface area is 200 Å². The minimum absolute atomic E-state index is 0.0600. The zero-order valence-electron chi connectivity index (χ0n) is 17.8. The third kappa shape index (κ3) is 3.80. The third-order valence-electron chi connectivity index (χ3n) is 5.39. The second kappa shape index (κ2) is 8.10. The van der Waals surface area contributed by atoms with E-state index in [0.717, 1.165) is 17.0 Å². The van der Waals surface area contributed by atoms with Crippen LogP contribution in [0.3, 0.4) is 0 Å².